The van der Waals surface area contributed by atoms with Crippen LogP contribution in [0, 0.1) is 6.92 Å². The minimum Gasteiger partial charge on any atom is -0.493 e. The van der Waals surface area contributed by atoms with E-state index in [4.69, 9.17) is 14.9 Å². The van der Waals surface area contributed by atoms with Crippen molar-refractivity contribution in [2.75, 3.05) is 13.2 Å². The Kier molecular flexibility index (Phi) is 4.76. The molecule has 3 N–H and O–H groups in total. The number of hydrogen-bond donors (Lipinski definition) is 2. The first-order valence-electron chi connectivity index (χ1n) is 7.49. The van der Waals surface area contributed by atoms with Gasteiger partial charge in [0.15, 0.2) is 5.76 Å². The zero-order chi connectivity index (χ0) is 16.3. The highest BCUT2D eigenvalue weighted by molar-refractivity contribution is 5.99. The van der Waals surface area contributed by atoms with Gasteiger partial charge < -0.3 is 20.2 Å². The molecule has 1 aromatic carbocycles. The van der Waals surface area contributed by atoms with Crippen LogP contribution in [-0.4, -0.2) is 24.6 Å². The smallest absolute Gasteiger partial charge is 0.284 e. The average Bonchev–Trinajstić information content (AvgIpc) is 2.75. The van der Waals surface area contributed by atoms with E-state index >= 15 is 0 Å². The highest BCUT2D eigenvalue weighted by Gasteiger charge is 2.18. The first kappa shape index (κ1) is 16.4. The summed E-state index contributed by atoms with van der Waals surface area (Å²) < 4.78 is 11.4. The molecule has 1 heterocycles. The number of aryl methyl sites for hydroxylation is 1. The highest BCUT2D eigenvalue weighted by atomic mass is 16.5. The van der Waals surface area contributed by atoms with Crippen LogP contribution >= 0.6 is 0 Å². The van der Waals surface area contributed by atoms with Gasteiger partial charge in [0.05, 0.1) is 12.0 Å². The third-order valence-corrected chi connectivity index (χ3v) is 3.37. The zero-order valence-electron chi connectivity index (χ0n) is 13.7. The summed E-state index contributed by atoms with van der Waals surface area (Å²) in [5.41, 5.74) is 6.79. The van der Waals surface area contributed by atoms with Gasteiger partial charge in [0.1, 0.15) is 11.3 Å². The molecule has 120 valence electrons. The van der Waals surface area contributed by atoms with Crippen molar-refractivity contribution in [2.45, 2.75) is 39.7 Å². The van der Waals surface area contributed by atoms with E-state index in [9.17, 15) is 4.79 Å². The van der Waals surface area contributed by atoms with Gasteiger partial charge in [0.2, 0.25) is 0 Å². The second-order valence-corrected chi connectivity index (χ2v) is 6.43. The summed E-state index contributed by atoms with van der Waals surface area (Å²) >= 11 is 0. The number of nitrogens with two attached hydrogens (primary N) is 1. The van der Waals surface area contributed by atoms with Crippen LogP contribution in [-0.2, 0) is 0 Å². The molecule has 0 aliphatic heterocycles. The molecule has 0 unspecified atom stereocenters. The molecule has 1 amide bonds. The van der Waals surface area contributed by atoms with Crippen molar-refractivity contribution in [2.24, 2.45) is 5.73 Å². The van der Waals surface area contributed by atoms with E-state index in [1.807, 2.05) is 25.1 Å². The zero-order valence-corrected chi connectivity index (χ0v) is 13.7. The van der Waals surface area contributed by atoms with Crippen molar-refractivity contribution in [3.8, 4) is 5.75 Å². The van der Waals surface area contributed by atoms with Gasteiger partial charge in [-0.25, -0.2) is 0 Å². The highest BCUT2D eigenvalue weighted by Crippen LogP contribution is 2.33. The van der Waals surface area contributed by atoms with Crippen LogP contribution in [0.2, 0.25) is 0 Å². The third kappa shape index (κ3) is 3.80. The van der Waals surface area contributed by atoms with E-state index in [2.05, 4.69) is 26.1 Å². The van der Waals surface area contributed by atoms with Crippen LogP contribution in [0.25, 0.3) is 11.0 Å². The molecule has 22 heavy (non-hydrogen) atoms. The Morgan fingerprint density at radius 2 is 2.09 bits per heavy atom. The lowest BCUT2D eigenvalue weighted by Crippen LogP contribution is -2.36. The number of ether oxygens (including phenoxy) is 1. The Hall–Kier alpha value is -2.01. The van der Waals surface area contributed by atoms with Gasteiger partial charge in [0.25, 0.3) is 5.91 Å². The summed E-state index contributed by atoms with van der Waals surface area (Å²) in [5.74, 6) is 0.358. The molecule has 0 radical (unpaired) electrons. The molecule has 0 spiro atoms. The van der Waals surface area contributed by atoms with Crippen LogP contribution in [0.5, 0.6) is 5.75 Å². The van der Waals surface area contributed by atoms with E-state index < -0.39 is 5.91 Å². The lowest BCUT2D eigenvalue weighted by molar-refractivity contribution is 0.0975. The van der Waals surface area contributed by atoms with Gasteiger partial charge in [-0.05, 0) is 52.8 Å². The van der Waals surface area contributed by atoms with Gasteiger partial charge in [-0.1, -0.05) is 6.07 Å². The number of furan rings is 1. The number of rotatable bonds is 6. The first-order chi connectivity index (χ1) is 10.3. The van der Waals surface area contributed by atoms with Crippen molar-refractivity contribution < 1.29 is 13.9 Å². The molecule has 5 nitrogen and oxygen atoms in total. The Bertz CT molecular complexity index is 668. The largest absolute Gasteiger partial charge is 0.493 e. The van der Waals surface area contributed by atoms with Crippen molar-refractivity contribution >= 4 is 16.9 Å². The lowest BCUT2D eigenvalue weighted by Gasteiger charge is -2.20. The fourth-order valence-electron chi connectivity index (χ4n) is 2.34. The van der Waals surface area contributed by atoms with E-state index in [1.54, 1.807) is 0 Å². The van der Waals surface area contributed by atoms with Crippen LogP contribution in [0.3, 0.4) is 0 Å². The molecule has 0 bridgehead atoms. The van der Waals surface area contributed by atoms with Crippen LogP contribution in [0.15, 0.2) is 22.6 Å². The molecule has 0 aliphatic carbocycles. The molecule has 0 atom stereocenters. The predicted octanol–water partition coefficient (Wildman–Crippen LogP) is 3.00. The number of nitrogens with one attached hydrogen (secondary N) is 1. The summed E-state index contributed by atoms with van der Waals surface area (Å²) in [6, 6.07) is 5.54. The second-order valence-electron chi connectivity index (χ2n) is 6.43. The van der Waals surface area contributed by atoms with Crippen molar-refractivity contribution in [3.63, 3.8) is 0 Å². The van der Waals surface area contributed by atoms with E-state index in [0.717, 1.165) is 29.7 Å². The van der Waals surface area contributed by atoms with Gasteiger partial charge in [0, 0.05) is 11.1 Å². The molecule has 5 heteroatoms. The lowest BCUT2D eigenvalue weighted by atomic mass is 10.1. The molecule has 0 fully saturated rings. The standard InChI is InChI=1S/C17H24N2O3/c1-11-14-12(21-10-6-9-19-17(2,3)4)7-5-8-13(14)22-15(11)16(18)20/h5,7-8,19H,6,9-10H2,1-4H3,(H2,18,20). The summed E-state index contributed by atoms with van der Waals surface area (Å²) in [4.78, 5) is 11.4. The summed E-state index contributed by atoms with van der Waals surface area (Å²) in [7, 11) is 0. The SMILES string of the molecule is Cc1c(C(N)=O)oc2cccc(OCCCNC(C)(C)C)c12. The fraction of sp³-hybridized carbons (Fsp3) is 0.471. The van der Waals surface area contributed by atoms with Crippen molar-refractivity contribution in [1.82, 2.24) is 5.32 Å². The van der Waals surface area contributed by atoms with Crippen LogP contribution in [0.1, 0.15) is 43.3 Å². The second kappa shape index (κ2) is 6.40. The van der Waals surface area contributed by atoms with Gasteiger partial charge in [-0.3, -0.25) is 4.79 Å². The Labute approximate surface area is 130 Å². The quantitative estimate of drug-likeness (QED) is 0.804. The molecule has 0 aliphatic rings. The number of carbonyl (C=O) groups is 1. The number of amides is 1. The topological polar surface area (TPSA) is 77.5 Å². The molecule has 2 aromatic rings. The molecular formula is C17H24N2O3. The first-order valence-corrected chi connectivity index (χ1v) is 7.49. The minimum atomic E-state index is -0.561. The maximum Gasteiger partial charge on any atom is 0.284 e. The van der Waals surface area contributed by atoms with E-state index in [-0.39, 0.29) is 11.3 Å². The summed E-state index contributed by atoms with van der Waals surface area (Å²) in [6.45, 7) is 9.70. The normalized spacial score (nSPS) is 11.8. The minimum absolute atomic E-state index is 0.109. The number of fused-ring (bicyclic) bond motifs is 1. The molecule has 0 saturated carbocycles. The Morgan fingerprint density at radius 3 is 2.73 bits per heavy atom. The number of primary amides is 1. The van der Waals surface area contributed by atoms with E-state index in [1.165, 1.54) is 0 Å². The maximum absolute atomic E-state index is 11.4. The molecule has 0 saturated heterocycles. The van der Waals surface area contributed by atoms with Crippen LogP contribution in [0.4, 0.5) is 0 Å². The summed E-state index contributed by atoms with van der Waals surface area (Å²) in [6.07, 6.45) is 0.896. The maximum atomic E-state index is 11.4. The van der Waals surface area contributed by atoms with E-state index in [0.29, 0.717) is 12.2 Å². The molecule has 2 rings (SSSR count). The Balaban J connectivity index is 2.07. The van der Waals surface area contributed by atoms with Crippen molar-refractivity contribution in [1.29, 1.82) is 0 Å². The monoisotopic (exact) mass is 304 g/mol. The number of hydrogen-bond acceptors (Lipinski definition) is 4. The fourth-order valence-corrected chi connectivity index (χ4v) is 2.34. The predicted molar refractivity (Wildman–Crippen MR) is 87.3 cm³/mol. The van der Waals surface area contributed by atoms with Crippen molar-refractivity contribution in [3.05, 3.63) is 29.5 Å². The molecular weight excluding hydrogens is 280 g/mol. The molecule has 1 aromatic heterocycles. The van der Waals surface area contributed by atoms with Crippen LogP contribution < -0.4 is 15.8 Å². The van der Waals surface area contributed by atoms with Gasteiger partial charge in [-0.2, -0.15) is 0 Å². The number of carbonyl (C=O) groups excluding carboxylic acids is 1. The van der Waals surface area contributed by atoms with Gasteiger partial charge in [-0.15, -0.1) is 0 Å². The Morgan fingerprint density at radius 1 is 1.36 bits per heavy atom. The number of benzene rings is 1. The third-order valence-electron chi connectivity index (χ3n) is 3.37. The average molecular weight is 304 g/mol. The summed E-state index contributed by atoms with van der Waals surface area (Å²) in [5, 5.41) is 4.24. The van der Waals surface area contributed by atoms with Gasteiger partial charge >= 0.3 is 0 Å².